The van der Waals surface area contributed by atoms with E-state index in [-0.39, 0.29) is 0 Å². The zero-order valence-corrected chi connectivity index (χ0v) is 3.85. The summed E-state index contributed by atoms with van der Waals surface area (Å²) in [7, 11) is 0.333. The minimum atomic E-state index is 0.333. The number of rotatable bonds is 3. The Morgan fingerprint density at radius 1 is 2.00 bits per heavy atom. The van der Waals surface area contributed by atoms with Crippen molar-refractivity contribution in [1.82, 2.24) is 0 Å². The Balaban J connectivity index is 2.72. The molecule has 0 saturated carbocycles. The molecule has 0 aliphatic carbocycles. The molecule has 0 aliphatic rings. The Morgan fingerprint density at radius 2 is 2.71 bits per heavy atom. The van der Waals surface area contributed by atoms with Crippen LogP contribution in [-0.4, -0.2) is 13.9 Å². The van der Waals surface area contributed by atoms with E-state index < -0.39 is 0 Å². The molecule has 0 aliphatic heterocycles. The predicted octanol–water partition coefficient (Wildman–Crippen LogP) is -0.0966. The Morgan fingerprint density at radius 3 is 3.14 bits per heavy atom. The fraction of sp³-hybridized carbons (Fsp3) is 0.333. The second-order valence-electron chi connectivity index (χ2n) is 0.897. The summed E-state index contributed by atoms with van der Waals surface area (Å²) in [5, 5.41) is 14.2. The molecule has 0 aromatic carbocycles. The highest BCUT2D eigenvalue weighted by molar-refractivity contribution is 6.30. The lowest BCUT2D eigenvalue weighted by atomic mass is 9.97. The van der Waals surface area contributed by atoms with Gasteiger partial charge in [0.15, 0.2) is 0 Å². The summed E-state index contributed by atoms with van der Waals surface area (Å²) in [5.41, 5.74) is 0. The minimum Gasteiger partial charge on any atom is -0.556 e. The molecule has 0 rings (SSSR count). The van der Waals surface area contributed by atoms with Crippen LogP contribution in [0, 0.1) is 16.7 Å². The lowest BCUT2D eigenvalue weighted by molar-refractivity contribution is 0.614. The summed E-state index contributed by atoms with van der Waals surface area (Å²) in [6, 6.07) is 1.87. The van der Waals surface area contributed by atoms with Crippen molar-refractivity contribution in [2.75, 3.05) is 0 Å². The van der Waals surface area contributed by atoms with Crippen LogP contribution in [0.3, 0.4) is 0 Å². The smallest absolute Gasteiger partial charge is 0.355 e. The first-order valence-electron chi connectivity index (χ1n) is 1.89. The molecule has 7 heavy (non-hydrogen) atoms. The molecular weight excluding hydrogens is 90.9 g/mol. The van der Waals surface area contributed by atoms with Crippen LogP contribution in [0.15, 0.2) is 0 Å². The monoisotopic (exact) mass is 96.0 g/mol. The molecular formula is C3H5BN2O. The van der Waals surface area contributed by atoms with Crippen LogP contribution in [0.4, 0.5) is 0 Å². The summed E-state index contributed by atoms with van der Waals surface area (Å²) in [5.74, 6) is 0. The molecule has 0 spiro atoms. The van der Waals surface area contributed by atoms with Crippen molar-refractivity contribution in [2.45, 2.75) is 6.32 Å². The van der Waals surface area contributed by atoms with Crippen molar-refractivity contribution < 1.29 is 4.65 Å². The number of nitrogens with one attached hydrogen (secondary N) is 1. The van der Waals surface area contributed by atoms with Crippen molar-refractivity contribution in [3.63, 3.8) is 0 Å². The van der Waals surface area contributed by atoms with Gasteiger partial charge in [0.1, 0.15) is 6.40 Å². The van der Waals surface area contributed by atoms with Gasteiger partial charge in [0, 0.05) is 0 Å². The van der Waals surface area contributed by atoms with Gasteiger partial charge in [-0.25, -0.2) is 0 Å². The summed E-state index contributed by atoms with van der Waals surface area (Å²) in [6.07, 6.45) is 1.19. The molecule has 4 heteroatoms. The molecule has 0 heterocycles. The van der Waals surface area contributed by atoms with E-state index in [1.807, 2.05) is 6.07 Å². The van der Waals surface area contributed by atoms with Crippen LogP contribution in [0.5, 0.6) is 0 Å². The van der Waals surface area contributed by atoms with Crippen LogP contribution in [0.1, 0.15) is 0 Å². The van der Waals surface area contributed by atoms with Gasteiger partial charge in [-0.15, -0.1) is 0 Å². The van der Waals surface area contributed by atoms with Crippen LogP contribution < -0.4 is 0 Å². The van der Waals surface area contributed by atoms with Gasteiger partial charge in [-0.3, -0.25) is 5.41 Å². The third-order valence-corrected chi connectivity index (χ3v) is 0.415. The number of hydrogen-bond acceptors (Lipinski definition) is 3. The molecule has 0 amide bonds. The van der Waals surface area contributed by atoms with E-state index in [1.165, 1.54) is 0 Å². The molecule has 0 fully saturated rings. The van der Waals surface area contributed by atoms with Crippen molar-refractivity contribution in [2.24, 2.45) is 0 Å². The average molecular weight is 95.9 g/mol. The molecule has 0 atom stereocenters. The lowest BCUT2D eigenvalue weighted by Gasteiger charge is -1.85. The number of nitrogens with zero attached hydrogens (tertiary/aromatic N) is 1. The largest absolute Gasteiger partial charge is 0.556 e. The van der Waals surface area contributed by atoms with E-state index in [1.54, 1.807) is 0 Å². The van der Waals surface area contributed by atoms with Gasteiger partial charge in [-0.1, -0.05) is 0 Å². The molecule has 36 valence electrons. The van der Waals surface area contributed by atoms with Crippen molar-refractivity contribution >= 4 is 13.9 Å². The van der Waals surface area contributed by atoms with Gasteiger partial charge < -0.3 is 4.65 Å². The molecule has 0 saturated heterocycles. The minimum absolute atomic E-state index is 0.333. The van der Waals surface area contributed by atoms with Crippen molar-refractivity contribution in [3.8, 4) is 6.07 Å². The highest BCUT2D eigenvalue weighted by Crippen LogP contribution is 1.70. The molecule has 0 aromatic heterocycles. The topological polar surface area (TPSA) is 56.9 Å². The average Bonchev–Trinajstić information content (AvgIpc) is 1.69. The molecule has 0 bridgehead atoms. The standard InChI is InChI=1S/C3H5BN2O/c5-2-1-4-7-3-6/h3-4,6H,1H2. The van der Waals surface area contributed by atoms with E-state index in [0.717, 1.165) is 6.40 Å². The molecule has 1 N–H and O–H groups in total. The summed E-state index contributed by atoms with van der Waals surface area (Å²) in [4.78, 5) is 0. The molecule has 0 aromatic rings. The summed E-state index contributed by atoms with van der Waals surface area (Å²) < 4.78 is 4.39. The van der Waals surface area contributed by atoms with Crippen LogP contribution in [0.2, 0.25) is 6.32 Å². The van der Waals surface area contributed by atoms with E-state index in [2.05, 4.69) is 4.65 Å². The maximum absolute atomic E-state index is 7.89. The first-order chi connectivity index (χ1) is 3.41. The van der Waals surface area contributed by atoms with E-state index >= 15 is 0 Å². The fourth-order valence-electron chi connectivity index (χ4n) is 0.163. The number of hydrogen-bond donors (Lipinski definition) is 1. The van der Waals surface area contributed by atoms with Gasteiger partial charge in [-0.05, 0) is 0 Å². The summed E-state index contributed by atoms with van der Waals surface area (Å²) >= 11 is 0. The Hall–Kier alpha value is -0.975. The predicted molar refractivity (Wildman–Crippen MR) is 27.4 cm³/mol. The first-order valence-corrected chi connectivity index (χ1v) is 1.89. The van der Waals surface area contributed by atoms with E-state index in [4.69, 9.17) is 10.7 Å². The van der Waals surface area contributed by atoms with Crippen LogP contribution in [-0.2, 0) is 4.65 Å². The normalized spacial score (nSPS) is 6.14. The fourth-order valence-corrected chi connectivity index (χ4v) is 0.163. The highest BCUT2D eigenvalue weighted by atomic mass is 16.4. The Labute approximate surface area is 42.7 Å². The van der Waals surface area contributed by atoms with Gasteiger partial charge in [-0.2, -0.15) is 5.26 Å². The van der Waals surface area contributed by atoms with Crippen LogP contribution in [0.25, 0.3) is 0 Å². The maximum atomic E-state index is 7.89. The first kappa shape index (κ1) is 6.02. The third-order valence-electron chi connectivity index (χ3n) is 0.415. The van der Waals surface area contributed by atoms with E-state index in [9.17, 15) is 0 Å². The van der Waals surface area contributed by atoms with Gasteiger partial charge >= 0.3 is 7.48 Å². The van der Waals surface area contributed by atoms with E-state index in [0.29, 0.717) is 13.8 Å². The van der Waals surface area contributed by atoms with Gasteiger partial charge in [0.05, 0.1) is 12.4 Å². The van der Waals surface area contributed by atoms with Crippen molar-refractivity contribution in [3.05, 3.63) is 0 Å². The number of nitriles is 1. The van der Waals surface area contributed by atoms with Gasteiger partial charge in [0.25, 0.3) is 0 Å². The molecule has 0 radical (unpaired) electrons. The van der Waals surface area contributed by atoms with Gasteiger partial charge in [0.2, 0.25) is 0 Å². The summed E-state index contributed by atoms with van der Waals surface area (Å²) in [6.45, 7) is 0. The maximum Gasteiger partial charge on any atom is 0.355 e. The molecule has 0 unspecified atom stereocenters. The quantitative estimate of drug-likeness (QED) is 0.231. The second-order valence-corrected chi connectivity index (χ2v) is 0.897. The molecule has 3 nitrogen and oxygen atoms in total. The second kappa shape index (κ2) is 5.02. The zero-order chi connectivity index (χ0) is 5.54. The van der Waals surface area contributed by atoms with Crippen molar-refractivity contribution in [1.29, 1.82) is 10.7 Å². The third kappa shape index (κ3) is 5.02. The lowest BCUT2D eigenvalue weighted by Crippen LogP contribution is -1.91. The highest BCUT2D eigenvalue weighted by Gasteiger charge is 1.82. The Bertz CT molecular complexity index is 87.4. The van der Waals surface area contributed by atoms with Crippen LogP contribution >= 0.6 is 0 Å². The zero-order valence-electron chi connectivity index (χ0n) is 3.85. The SMILES string of the molecule is N#CCBOC=N. The Kier molecular flexibility index (Phi) is 4.32.